The van der Waals surface area contributed by atoms with E-state index in [9.17, 15) is 23.3 Å². The number of aromatic amines is 1. The zero-order chi connectivity index (χ0) is 51.8. The summed E-state index contributed by atoms with van der Waals surface area (Å²) in [6.45, 7) is 9.41. The van der Waals surface area contributed by atoms with Crippen LogP contribution in [0, 0.1) is 21.3 Å². The number of alkyl halides is 1. The second-order valence-electron chi connectivity index (χ2n) is 20.6. The van der Waals surface area contributed by atoms with E-state index in [2.05, 4.69) is 75.3 Å². The summed E-state index contributed by atoms with van der Waals surface area (Å²) in [5.74, 6) is -0.644. The second-order valence-corrected chi connectivity index (χ2v) is 22.3. The summed E-state index contributed by atoms with van der Waals surface area (Å²) in [6, 6.07) is 26.6. The second kappa shape index (κ2) is 20.9. The summed E-state index contributed by atoms with van der Waals surface area (Å²) in [5, 5.41) is 15.6. The number of piperidine rings is 1. The number of ether oxygens (including phenoxy) is 3. The molecule has 0 bridgehead atoms. The van der Waals surface area contributed by atoms with Crippen LogP contribution in [0.1, 0.15) is 91.4 Å². The number of halogens is 2. The fourth-order valence-corrected chi connectivity index (χ4v) is 12.4. The number of aromatic nitrogens is 2. The Morgan fingerprint density at radius 1 is 0.959 bits per heavy atom. The van der Waals surface area contributed by atoms with Crippen molar-refractivity contribution in [3.63, 3.8) is 0 Å². The van der Waals surface area contributed by atoms with Gasteiger partial charge in [-0.3, -0.25) is 24.7 Å². The molecule has 1 unspecified atom stereocenters. The highest BCUT2D eigenvalue weighted by Crippen LogP contribution is 2.54. The van der Waals surface area contributed by atoms with E-state index >= 15 is 8.78 Å². The van der Waals surface area contributed by atoms with Crippen LogP contribution in [-0.2, 0) is 21.3 Å². The van der Waals surface area contributed by atoms with Crippen molar-refractivity contribution >= 4 is 44.0 Å². The van der Waals surface area contributed by atoms with Crippen molar-refractivity contribution in [1.82, 2.24) is 24.5 Å². The molecule has 19 heteroatoms. The van der Waals surface area contributed by atoms with Crippen molar-refractivity contribution in [3.8, 4) is 17.2 Å². The van der Waals surface area contributed by atoms with Crippen molar-refractivity contribution in [3.05, 3.63) is 142 Å². The van der Waals surface area contributed by atoms with E-state index in [0.29, 0.717) is 36.1 Å². The summed E-state index contributed by atoms with van der Waals surface area (Å²) in [6.07, 6.45) is 7.07. The molecule has 6 aromatic rings. The number of hydrogen-bond acceptors (Lipinski definition) is 13. The SMILES string of the molecule is COc1cccc(CN2CCN(C3CC4(CCN(c5cc(Oc6cnc7[nH]ccc7c6)c(C(=O)NS(=O)(=O)c6ccc(NCC7(F)CCOCC7)c([N+](=O)[O-])c6)cc5F)CC4)C3)C(c3ccccc3C(C)C)C2)c1. The molecule has 0 radical (unpaired) electrons. The van der Waals surface area contributed by atoms with Crippen molar-refractivity contribution < 1.29 is 41.1 Å². The minimum Gasteiger partial charge on any atom is -0.497 e. The van der Waals surface area contributed by atoms with Gasteiger partial charge in [0, 0.05) is 108 Å². The number of nitro groups is 1. The van der Waals surface area contributed by atoms with E-state index < -0.39 is 48.5 Å². The number of carbonyl (C=O) groups excluding carboxylic acids is 1. The Morgan fingerprint density at radius 2 is 1.74 bits per heavy atom. The minimum atomic E-state index is -4.79. The van der Waals surface area contributed by atoms with Gasteiger partial charge in [0.05, 0.1) is 34.4 Å². The van der Waals surface area contributed by atoms with Gasteiger partial charge >= 0.3 is 0 Å². The van der Waals surface area contributed by atoms with Crippen LogP contribution in [0.4, 0.5) is 25.8 Å². The molecule has 16 nitrogen and oxygen atoms in total. The number of methoxy groups -OCH3 is 1. The highest BCUT2D eigenvalue weighted by atomic mass is 32.2. The lowest BCUT2D eigenvalue weighted by molar-refractivity contribution is -0.384. The molecule has 2 aromatic heterocycles. The third kappa shape index (κ3) is 10.8. The molecular formula is C55H62F2N8O8S. The third-order valence-corrected chi connectivity index (χ3v) is 16.9. The molecule has 3 aliphatic heterocycles. The van der Waals surface area contributed by atoms with Crippen LogP contribution in [0.2, 0.25) is 0 Å². The molecule has 1 spiro atoms. The van der Waals surface area contributed by atoms with Crippen molar-refractivity contribution in [2.75, 3.05) is 69.8 Å². The van der Waals surface area contributed by atoms with E-state index in [0.717, 1.165) is 81.9 Å². The number of H-pyrrole nitrogens is 1. The highest BCUT2D eigenvalue weighted by molar-refractivity contribution is 7.90. The molecule has 1 aliphatic carbocycles. The van der Waals surface area contributed by atoms with Crippen LogP contribution < -0.4 is 24.4 Å². The molecule has 74 heavy (non-hydrogen) atoms. The van der Waals surface area contributed by atoms with Gasteiger partial charge in [0.25, 0.3) is 21.6 Å². The summed E-state index contributed by atoms with van der Waals surface area (Å²) in [4.78, 5) is 39.5. The maximum Gasteiger partial charge on any atom is 0.293 e. The normalized spacial score (nSPS) is 19.3. The summed E-state index contributed by atoms with van der Waals surface area (Å²) < 4.78 is 78.4. The number of anilines is 2. The first-order chi connectivity index (χ1) is 35.6. The average Bonchev–Trinajstić information content (AvgIpc) is 3.86. The number of benzene rings is 4. The van der Waals surface area contributed by atoms with Gasteiger partial charge in [-0.2, -0.15) is 0 Å². The fourth-order valence-electron chi connectivity index (χ4n) is 11.4. The molecule has 3 N–H and O–H groups in total. The minimum absolute atomic E-state index is 0.0895. The monoisotopic (exact) mass is 1030 g/mol. The summed E-state index contributed by atoms with van der Waals surface area (Å²) >= 11 is 0. The number of fused-ring (bicyclic) bond motifs is 1. The Morgan fingerprint density at radius 3 is 2.50 bits per heavy atom. The first-order valence-corrected chi connectivity index (χ1v) is 26.8. The number of carbonyl (C=O) groups is 1. The van der Waals surface area contributed by atoms with E-state index in [4.69, 9.17) is 14.2 Å². The molecule has 1 saturated carbocycles. The lowest BCUT2D eigenvalue weighted by Crippen LogP contribution is -2.60. The highest BCUT2D eigenvalue weighted by Gasteiger charge is 2.50. The number of amides is 1. The standard InChI is InChI=1S/C55H62F2N8O8S/c1-36(2)43-9-4-5-10-44(43)50-34-62(33-37-7-6-8-40(25-37)71-3)21-22-64(50)39-30-54(31-39)14-19-63(20-15-54)48-29-51(73-41-26-38-13-18-58-52(38)59-32-41)45(28-46(48)56)53(66)61-74(69,70)42-11-12-47(49(27-42)65(67)68)60-35-55(57)16-23-72-24-17-55/h4-13,18,25-29,32,36,39,50,60H,14-17,19-24,30-31,33-35H2,1-3H3,(H,58,59)(H,61,66). The average molecular weight is 1030 g/mol. The number of nitro benzene ring substituents is 1. The van der Waals surface area contributed by atoms with Crippen LogP contribution in [0.5, 0.6) is 17.2 Å². The summed E-state index contributed by atoms with van der Waals surface area (Å²) in [7, 11) is -3.09. The zero-order valence-corrected chi connectivity index (χ0v) is 42.6. The number of rotatable bonds is 16. The Hall–Kier alpha value is -6.67. The molecular weight excluding hydrogens is 971 g/mol. The Balaban J connectivity index is 0.854. The quantitative estimate of drug-likeness (QED) is 0.0615. The largest absolute Gasteiger partial charge is 0.497 e. The molecule has 3 saturated heterocycles. The van der Waals surface area contributed by atoms with Gasteiger partial charge in [-0.1, -0.05) is 50.2 Å². The van der Waals surface area contributed by atoms with Crippen LogP contribution in [0.3, 0.4) is 0 Å². The first kappa shape index (κ1) is 50.8. The van der Waals surface area contributed by atoms with Crippen LogP contribution in [-0.4, -0.2) is 110 Å². The van der Waals surface area contributed by atoms with E-state index in [1.165, 1.54) is 29.0 Å². The molecule has 1 amide bonds. The van der Waals surface area contributed by atoms with Crippen molar-refractivity contribution in [2.24, 2.45) is 5.41 Å². The number of hydrogen-bond donors (Lipinski definition) is 3. The molecule has 1 atom stereocenters. The Labute approximate surface area is 429 Å². The van der Waals surface area contributed by atoms with Crippen molar-refractivity contribution in [1.29, 1.82) is 0 Å². The number of sulfonamides is 1. The third-order valence-electron chi connectivity index (χ3n) is 15.6. The topological polar surface area (TPSA) is 184 Å². The van der Waals surface area contributed by atoms with Gasteiger partial charge in [-0.25, -0.2) is 26.9 Å². The van der Waals surface area contributed by atoms with E-state index in [1.807, 2.05) is 21.8 Å². The predicted molar refractivity (Wildman–Crippen MR) is 278 cm³/mol. The molecule has 10 rings (SSSR count). The molecule has 4 aliphatic rings. The molecule has 4 aromatic carbocycles. The lowest BCUT2D eigenvalue weighted by Gasteiger charge is -2.58. The van der Waals surface area contributed by atoms with Crippen LogP contribution in [0.15, 0.2) is 108 Å². The van der Waals surface area contributed by atoms with Crippen molar-refractivity contribution in [2.45, 2.75) is 87.5 Å². The fraction of sp³-hybridized carbons (Fsp3) is 0.418. The van der Waals surface area contributed by atoms with Crippen LogP contribution in [0.25, 0.3) is 11.0 Å². The van der Waals surface area contributed by atoms with Crippen LogP contribution >= 0.6 is 0 Å². The van der Waals surface area contributed by atoms with Gasteiger partial charge < -0.3 is 29.4 Å². The maximum absolute atomic E-state index is 16.6. The van der Waals surface area contributed by atoms with E-state index in [-0.39, 0.29) is 66.9 Å². The molecule has 4 fully saturated rings. The maximum atomic E-state index is 16.6. The van der Waals surface area contributed by atoms with Gasteiger partial charge in [0.1, 0.15) is 40.1 Å². The number of pyridine rings is 1. The number of nitrogens with zero attached hydrogens (tertiary/aromatic N) is 5. The van der Waals surface area contributed by atoms with E-state index in [1.54, 1.807) is 25.4 Å². The molecule has 390 valence electrons. The Bertz CT molecular complexity index is 3150. The van der Waals surface area contributed by atoms with Gasteiger partial charge in [-0.15, -0.1) is 0 Å². The predicted octanol–water partition coefficient (Wildman–Crippen LogP) is 9.89. The zero-order valence-electron chi connectivity index (χ0n) is 41.8. The first-order valence-electron chi connectivity index (χ1n) is 25.3. The van der Waals surface area contributed by atoms with Gasteiger partial charge in [-0.05, 0) is 96.2 Å². The lowest BCUT2D eigenvalue weighted by atomic mass is 9.59. The summed E-state index contributed by atoms with van der Waals surface area (Å²) in [5.41, 5.74) is 2.03. The smallest absolute Gasteiger partial charge is 0.293 e. The number of nitrogens with one attached hydrogen (secondary N) is 3. The van der Waals surface area contributed by atoms with Gasteiger partial charge in [0.15, 0.2) is 0 Å². The molecule has 5 heterocycles. The van der Waals surface area contributed by atoms with Gasteiger partial charge in [0.2, 0.25) is 0 Å². The number of piperazine rings is 1. The Kier molecular flexibility index (Phi) is 14.4.